The Labute approximate surface area is 289 Å². The number of ether oxygens (including phenoxy) is 1. The lowest BCUT2D eigenvalue weighted by atomic mass is 9.84. The van der Waals surface area contributed by atoms with Gasteiger partial charge in [-0.3, -0.25) is 4.79 Å². The maximum absolute atomic E-state index is 15.5. The van der Waals surface area contributed by atoms with Crippen molar-refractivity contribution < 1.29 is 31.5 Å². The van der Waals surface area contributed by atoms with Crippen LogP contribution in [0.2, 0.25) is 5.02 Å². The van der Waals surface area contributed by atoms with E-state index >= 15 is 4.39 Å². The van der Waals surface area contributed by atoms with Crippen LogP contribution in [0.25, 0.3) is 0 Å². The van der Waals surface area contributed by atoms with E-state index in [2.05, 4.69) is 16.0 Å². The van der Waals surface area contributed by atoms with Crippen LogP contribution in [0.3, 0.4) is 0 Å². The van der Waals surface area contributed by atoms with Crippen molar-refractivity contribution in [3.05, 3.63) is 130 Å². The molecule has 0 spiro atoms. The molecule has 0 aromatic heterocycles. The molecule has 0 saturated carbocycles. The van der Waals surface area contributed by atoms with Crippen LogP contribution in [-0.4, -0.2) is 63.0 Å². The lowest BCUT2D eigenvalue weighted by Gasteiger charge is -2.40. The minimum atomic E-state index is -3.86. The quantitative estimate of drug-likeness (QED) is 0.173. The van der Waals surface area contributed by atoms with Gasteiger partial charge >= 0.3 is 6.09 Å². The minimum absolute atomic E-state index is 0.0822. The zero-order valence-corrected chi connectivity index (χ0v) is 28.5. The van der Waals surface area contributed by atoms with E-state index in [0.29, 0.717) is 29.2 Å². The van der Waals surface area contributed by atoms with E-state index in [4.69, 9.17) is 16.3 Å². The molecular formula is C36H37ClF2N4O5S. The molecule has 5 rings (SSSR count). The average molecular weight is 711 g/mol. The van der Waals surface area contributed by atoms with Crippen molar-refractivity contribution in [2.45, 2.75) is 48.7 Å². The molecule has 3 N–H and O–H groups in total. The number of carbonyl (C=O) groups is 2. The zero-order valence-electron chi connectivity index (χ0n) is 26.9. The first-order chi connectivity index (χ1) is 23.5. The van der Waals surface area contributed by atoms with Crippen LogP contribution in [0.4, 0.5) is 19.3 Å². The Balaban J connectivity index is 1.46. The second-order valence-electron chi connectivity index (χ2n) is 11.8. The summed E-state index contributed by atoms with van der Waals surface area (Å²) in [6.07, 6.45) is -0.591. The van der Waals surface area contributed by atoms with Crippen LogP contribution in [0.15, 0.2) is 102 Å². The van der Waals surface area contributed by atoms with Gasteiger partial charge in [0.2, 0.25) is 15.9 Å². The van der Waals surface area contributed by atoms with Crippen molar-refractivity contribution in [1.29, 1.82) is 0 Å². The Kier molecular flexibility index (Phi) is 11.7. The third-order valence-electron chi connectivity index (χ3n) is 8.53. The van der Waals surface area contributed by atoms with Crippen molar-refractivity contribution >= 4 is 39.3 Å². The summed E-state index contributed by atoms with van der Waals surface area (Å²) in [6.45, 7) is 2.63. The second kappa shape index (κ2) is 15.9. The summed E-state index contributed by atoms with van der Waals surface area (Å²) in [7, 11) is -2.71. The highest BCUT2D eigenvalue weighted by molar-refractivity contribution is 7.89. The van der Waals surface area contributed by atoms with E-state index in [1.54, 1.807) is 60.7 Å². The Morgan fingerprint density at radius 1 is 0.959 bits per heavy atom. The highest BCUT2D eigenvalue weighted by Gasteiger charge is 2.38. The maximum Gasteiger partial charge on any atom is 0.407 e. The molecular weight excluding hydrogens is 674 g/mol. The van der Waals surface area contributed by atoms with Crippen molar-refractivity contribution in [1.82, 2.24) is 14.9 Å². The van der Waals surface area contributed by atoms with Crippen molar-refractivity contribution in [3.8, 4) is 0 Å². The molecule has 1 aliphatic heterocycles. The number of anilines is 1. The van der Waals surface area contributed by atoms with Gasteiger partial charge < -0.3 is 20.7 Å². The summed E-state index contributed by atoms with van der Waals surface area (Å²) < 4.78 is 63.8. The van der Waals surface area contributed by atoms with Crippen molar-refractivity contribution in [3.63, 3.8) is 0 Å². The summed E-state index contributed by atoms with van der Waals surface area (Å²) in [4.78, 5) is 26.9. The minimum Gasteiger partial charge on any atom is -0.453 e. The number of nitrogens with zero attached hydrogens (tertiary/aromatic N) is 1. The van der Waals surface area contributed by atoms with Crippen LogP contribution in [-0.2, 0) is 26.0 Å². The predicted octanol–water partition coefficient (Wildman–Crippen LogP) is 6.10. The number of piperazine rings is 1. The molecule has 49 heavy (non-hydrogen) atoms. The predicted molar refractivity (Wildman–Crippen MR) is 184 cm³/mol. The molecule has 9 nitrogen and oxygen atoms in total. The van der Waals surface area contributed by atoms with Crippen LogP contribution < -0.4 is 16.0 Å². The zero-order chi connectivity index (χ0) is 35.1. The first-order valence-corrected chi connectivity index (χ1v) is 17.5. The van der Waals surface area contributed by atoms with Crippen molar-refractivity contribution in [2.75, 3.05) is 25.5 Å². The molecule has 4 unspecified atom stereocenters. The lowest BCUT2D eigenvalue weighted by molar-refractivity contribution is -0.118. The third-order valence-corrected chi connectivity index (χ3v) is 10.8. The fraction of sp³-hybridized carbons (Fsp3) is 0.278. The number of hydrogen-bond acceptors (Lipinski definition) is 6. The Morgan fingerprint density at radius 3 is 2.35 bits per heavy atom. The number of carbonyl (C=O) groups excluding carboxylic acids is 2. The summed E-state index contributed by atoms with van der Waals surface area (Å²) in [6, 6.07) is 22.4. The van der Waals surface area contributed by atoms with Gasteiger partial charge in [0.1, 0.15) is 17.7 Å². The van der Waals surface area contributed by atoms with Gasteiger partial charge in [-0.15, -0.1) is 0 Å². The van der Waals surface area contributed by atoms with Gasteiger partial charge in [-0.1, -0.05) is 60.1 Å². The van der Waals surface area contributed by atoms with Gasteiger partial charge in [0.05, 0.1) is 12.0 Å². The number of rotatable bonds is 11. The molecule has 0 aliphatic carbocycles. The van der Waals surface area contributed by atoms with E-state index in [1.807, 2.05) is 6.92 Å². The highest BCUT2D eigenvalue weighted by Crippen LogP contribution is 2.33. The molecule has 4 aromatic carbocycles. The van der Waals surface area contributed by atoms with Crippen LogP contribution in [0.1, 0.15) is 36.0 Å². The molecule has 2 amide bonds. The molecule has 1 heterocycles. The van der Waals surface area contributed by atoms with Gasteiger partial charge in [0.15, 0.2) is 0 Å². The molecule has 258 valence electrons. The summed E-state index contributed by atoms with van der Waals surface area (Å²) in [5, 5.41) is 8.97. The number of sulfonamides is 1. The Morgan fingerprint density at radius 2 is 1.65 bits per heavy atom. The summed E-state index contributed by atoms with van der Waals surface area (Å²) in [5.74, 6) is -2.81. The van der Waals surface area contributed by atoms with Crippen LogP contribution >= 0.6 is 11.6 Å². The van der Waals surface area contributed by atoms with E-state index in [-0.39, 0.29) is 35.0 Å². The molecule has 0 bridgehead atoms. The number of methoxy groups -OCH3 is 1. The molecule has 1 fully saturated rings. The number of hydrogen-bond donors (Lipinski definition) is 3. The average Bonchev–Trinajstić information content (AvgIpc) is 3.08. The topological polar surface area (TPSA) is 117 Å². The Hall–Kier alpha value is -4.36. The second-order valence-corrected chi connectivity index (χ2v) is 14.1. The molecule has 1 saturated heterocycles. The van der Waals surface area contributed by atoms with Gasteiger partial charge in [-0.2, -0.15) is 4.31 Å². The smallest absolute Gasteiger partial charge is 0.407 e. The largest absolute Gasteiger partial charge is 0.453 e. The van der Waals surface area contributed by atoms with Gasteiger partial charge in [-0.05, 0) is 79.4 Å². The third kappa shape index (κ3) is 8.45. The summed E-state index contributed by atoms with van der Waals surface area (Å²) in [5.41, 5.74) is 1.18. The van der Waals surface area contributed by atoms with E-state index in [9.17, 15) is 22.4 Å². The number of benzene rings is 4. The van der Waals surface area contributed by atoms with Crippen LogP contribution in [0, 0.1) is 11.6 Å². The fourth-order valence-electron chi connectivity index (χ4n) is 6.29. The number of amides is 2. The number of nitrogens with one attached hydrogen (secondary N) is 3. The van der Waals surface area contributed by atoms with Gasteiger partial charge in [0.25, 0.3) is 0 Å². The molecule has 13 heteroatoms. The number of halogens is 3. The molecule has 4 aromatic rings. The maximum atomic E-state index is 15.5. The molecule has 4 atom stereocenters. The van der Waals surface area contributed by atoms with Gasteiger partial charge in [-0.25, -0.2) is 22.0 Å². The SMILES string of the molecule is COC(=O)NC(C(=O)Nc1cccc(F)c1CCC1CNCC(C)N1S(=O)(=O)c1ccccc1)C(c1cccc(F)c1)c1cccc(Cl)c1. The first kappa shape index (κ1) is 35.9. The highest BCUT2D eigenvalue weighted by atomic mass is 35.5. The summed E-state index contributed by atoms with van der Waals surface area (Å²) >= 11 is 6.30. The van der Waals surface area contributed by atoms with E-state index in [1.165, 1.54) is 40.7 Å². The normalized spacial score (nSPS) is 17.9. The Bertz CT molecular complexity index is 1850. The standard InChI is InChI=1S/C36H37ClF2N4O5S/c1-23-21-40-22-28(43(23)49(46,47)29-13-4-3-5-14-29)17-18-30-31(39)15-8-16-32(30)41-35(44)34(42-36(45)48-2)33(24-9-6-11-26(37)19-24)25-10-7-12-27(38)20-25/h3-16,19-20,23,28,33-34,40H,17-18,21-22H2,1-2H3,(H,41,44)(H,42,45). The molecule has 0 radical (unpaired) electrons. The van der Waals surface area contributed by atoms with E-state index in [0.717, 1.165) is 7.11 Å². The monoisotopic (exact) mass is 710 g/mol. The van der Waals surface area contributed by atoms with Crippen LogP contribution in [0.5, 0.6) is 0 Å². The van der Waals surface area contributed by atoms with E-state index < -0.39 is 51.7 Å². The van der Waals surface area contributed by atoms with Gasteiger partial charge in [0, 0.05) is 47.4 Å². The fourth-order valence-corrected chi connectivity index (χ4v) is 8.35. The lowest BCUT2D eigenvalue weighted by Crippen LogP contribution is -2.58. The van der Waals surface area contributed by atoms with Crippen molar-refractivity contribution in [2.24, 2.45) is 0 Å². The molecule has 1 aliphatic rings. The number of alkyl carbamates (subject to hydrolysis) is 1. The first-order valence-electron chi connectivity index (χ1n) is 15.7.